The van der Waals surface area contributed by atoms with Crippen LogP contribution in [-0.2, 0) is 13.0 Å². The second-order valence-electron chi connectivity index (χ2n) is 4.55. The van der Waals surface area contributed by atoms with Gasteiger partial charge in [-0.05, 0) is 24.5 Å². The van der Waals surface area contributed by atoms with E-state index in [1.807, 2.05) is 37.3 Å². The highest BCUT2D eigenvalue weighted by atomic mass is 16.2. The third kappa shape index (κ3) is 3.14. The van der Waals surface area contributed by atoms with Crippen molar-refractivity contribution >= 4 is 5.82 Å². The zero-order chi connectivity index (χ0) is 14.4. The molecule has 1 heterocycles. The maximum absolute atomic E-state index is 9.18. The molecular weight excluding hydrogens is 250 g/mol. The highest BCUT2D eigenvalue weighted by molar-refractivity contribution is 5.54. The van der Waals surface area contributed by atoms with E-state index in [0.29, 0.717) is 18.5 Å². The van der Waals surface area contributed by atoms with Gasteiger partial charge in [-0.1, -0.05) is 30.3 Å². The average Bonchev–Trinajstić information content (AvgIpc) is 2.49. The van der Waals surface area contributed by atoms with Crippen molar-refractivity contribution in [3.8, 4) is 6.07 Å². The van der Waals surface area contributed by atoms with Gasteiger partial charge in [0.25, 0.3) is 0 Å². The van der Waals surface area contributed by atoms with Crippen molar-refractivity contribution in [3.05, 3.63) is 58.8 Å². The molecule has 0 amide bonds. The average molecular weight is 267 g/mol. The number of benzene rings is 1. The summed E-state index contributed by atoms with van der Waals surface area (Å²) in [7, 11) is 0. The van der Waals surface area contributed by atoms with Gasteiger partial charge < -0.3 is 10.4 Å². The van der Waals surface area contributed by atoms with E-state index >= 15 is 0 Å². The van der Waals surface area contributed by atoms with Gasteiger partial charge in [0.1, 0.15) is 11.9 Å². The van der Waals surface area contributed by atoms with E-state index in [0.717, 1.165) is 22.5 Å². The molecule has 1 aromatic carbocycles. The van der Waals surface area contributed by atoms with Crippen LogP contribution in [0.2, 0.25) is 0 Å². The van der Waals surface area contributed by atoms with E-state index in [4.69, 9.17) is 5.26 Å². The van der Waals surface area contributed by atoms with E-state index in [1.54, 1.807) is 6.20 Å². The molecule has 0 aliphatic rings. The lowest BCUT2D eigenvalue weighted by Gasteiger charge is -2.13. The largest absolute Gasteiger partial charge is 0.396 e. The molecule has 2 aromatic rings. The molecule has 0 aliphatic carbocycles. The van der Waals surface area contributed by atoms with E-state index in [-0.39, 0.29) is 6.61 Å². The maximum atomic E-state index is 9.18. The van der Waals surface area contributed by atoms with E-state index in [2.05, 4.69) is 16.4 Å². The molecule has 0 spiro atoms. The number of nitriles is 1. The van der Waals surface area contributed by atoms with Crippen molar-refractivity contribution in [1.82, 2.24) is 4.98 Å². The minimum Gasteiger partial charge on any atom is -0.396 e. The van der Waals surface area contributed by atoms with Crippen LogP contribution in [0.5, 0.6) is 0 Å². The molecule has 2 rings (SSSR count). The number of hydrogen-bond donors (Lipinski definition) is 2. The third-order valence-corrected chi connectivity index (χ3v) is 3.25. The topological polar surface area (TPSA) is 68.9 Å². The fourth-order valence-corrected chi connectivity index (χ4v) is 2.11. The molecule has 20 heavy (non-hydrogen) atoms. The number of aliphatic hydroxyl groups is 1. The Balaban J connectivity index is 2.23. The van der Waals surface area contributed by atoms with Gasteiger partial charge in [0.2, 0.25) is 0 Å². The highest BCUT2D eigenvalue weighted by Crippen LogP contribution is 2.21. The molecule has 0 saturated heterocycles. The van der Waals surface area contributed by atoms with Crippen LogP contribution in [0.1, 0.15) is 22.3 Å². The van der Waals surface area contributed by atoms with E-state index < -0.39 is 0 Å². The number of aliphatic hydroxyl groups excluding tert-OH is 1. The van der Waals surface area contributed by atoms with Crippen molar-refractivity contribution in [2.45, 2.75) is 19.9 Å². The molecule has 4 nitrogen and oxygen atoms in total. The monoisotopic (exact) mass is 267 g/mol. The minimum absolute atomic E-state index is 0.0391. The molecule has 4 heteroatoms. The Morgan fingerprint density at radius 2 is 2.05 bits per heavy atom. The second-order valence-corrected chi connectivity index (χ2v) is 4.55. The molecule has 102 valence electrons. The normalized spacial score (nSPS) is 10.1. The summed E-state index contributed by atoms with van der Waals surface area (Å²) in [6, 6.07) is 12.2. The van der Waals surface area contributed by atoms with E-state index in [1.165, 1.54) is 0 Å². The fraction of sp³-hybridized carbons (Fsp3) is 0.250. The van der Waals surface area contributed by atoms with Crippen LogP contribution >= 0.6 is 0 Å². The van der Waals surface area contributed by atoms with Crippen molar-refractivity contribution in [2.75, 3.05) is 11.9 Å². The second kappa shape index (κ2) is 6.69. The molecule has 0 saturated carbocycles. The predicted octanol–water partition coefficient (Wildman–Crippen LogP) is 2.41. The molecular formula is C16H17N3O. The zero-order valence-corrected chi connectivity index (χ0v) is 11.4. The van der Waals surface area contributed by atoms with Gasteiger partial charge in [-0.25, -0.2) is 4.98 Å². The number of anilines is 1. The number of nitrogens with one attached hydrogen (secondary N) is 1. The Morgan fingerprint density at radius 3 is 2.70 bits per heavy atom. The van der Waals surface area contributed by atoms with Crippen molar-refractivity contribution in [3.63, 3.8) is 0 Å². The number of hydrogen-bond acceptors (Lipinski definition) is 4. The summed E-state index contributed by atoms with van der Waals surface area (Å²) >= 11 is 0. The lowest BCUT2D eigenvalue weighted by atomic mass is 10.0. The first-order valence-electron chi connectivity index (χ1n) is 6.53. The summed E-state index contributed by atoms with van der Waals surface area (Å²) in [5, 5.41) is 21.5. The minimum atomic E-state index is 0.0391. The van der Waals surface area contributed by atoms with Gasteiger partial charge in [-0.2, -0.15) is 5.26 Å². The van der Waals surface area contributed by atoms with Gasteiger partial charge in [-0.15, -0.1) is 0 Å². The van der Waals surface area contributed by atoms with Crippen molar-refractivity contribution < 1.29 is 5.11 Å². The maximum Gasteiger partial charge on any atom is 0.129 e. The fourth-order valence-electron chi connectivity index (χ4n) is 2.11. The van der Waals surface area contributed by atoms with Gasteiger partial charge in [0.15, 0.2) is 0 Å². The van der Waals surface area contributed by atoms with Crippen LogP contribution in [0.15, 0.2) is 36.5 Å². The zero-order valence-electron chi connectivity index (χ0n) is 11.4. The first kappa shape index (κ1) is 14.0. The van der Waals surface area contributed by atoms with Crippen LogP contribution in [-0.4, -0.2) is 16.7 Å². The quantitative estimate of drug-likeness (QED) is 0.873. The number of rotatable bonds is 5. The molecule has 1 aromatic heterocycles. The number of nitrogens with zero attached hydrogens (tertiary/aromatic N) is 2. The number of pyridine rings is 1. The smallest absolute Gasteiger partial charge is 0.129 e. The molecule has 0 aliphatic heterocycles. The third-order valence-electron chi connectivity index (χ3n) is 3.25. The molecule has 0 atom stereocenters. The first-order valence-corrected chi connectivity index (χ1v) is 6.53. The molecule has 0 fully saturated rings. The van der Waals surface area contributed by atoms with E-state index in [9.17, 15) is 5.11 Å². The van der Waals surface area contributed by atoms with Gasteiger partial charge >= 0.3 is 0 Å². The van der Waals surface area contributed by atoms with Crippen LogP contribution in [0.3, 0.4) is 0 Å². The molecule has 2 N–H and O–H groups in total. The summed E-state index contributed by atoms with van der Waals surface area (Å²) in [6.07, 6.45) is 2.06. The Labute approximate surface area is 118 Å². The SMILES string of the molecule is Cc1c(C#N)cnc(NCc2ccccc2)c1CCO. The van der Waals surface area contributed by atoms with Crippen molar-refractivity contribution in [2.24, 2.45) is 0 Å². The highest BCUT2D eigenvalue weighted by Gasteiger charge is 2.10. The summed E-state index contributed by atoms with van der Waals surface area (Å²) in [5.41, 5.74) is 3.50. The predicted molar refractivity (Wildman–Crippen MR) is 78.2 cm³/mol. The van der Waals surface area contributed by atoms with Gasteiger partial charge in [0.05, 0.1) is 5.56 Å². The summed E-state index contributed by atoms with van der Waals surface area (Å²) < 4.78 is 0. The standard InChI is InChI=1S/C16H17N3O/c1-12-14(9-17)11-19-16(15(12)7-8-20)18-10-13-5-3-2-4-6-13/h2-6,11,20H,7-8,10H2,1H3,(H,18,19). The molecule has 0 radical (unpaired) electrons. The molecule has 0 bridgehead atoms. The van der Waals surface area contributed by atoms with Crippen LogP contribution in [0, 0.1) is 18.3 Å². The Hall–Kier alpha value is -2.38. The van der Waals surface area contributed by atoms with Gasteiger partial charge in [0, 0.05) is 24.9 Å². The summed E-state index contributed by atoms with van der Waals surface area (Å²) in [5.74, 6) is 0.736. The Bertz CT molecular complexity index is 618. The van der Waals surface area contributed by atoms with Crippen LogP contribution in [0.25, 0.3) is 0 Å². The lowest BCUT2D eigenvalue weighted by molar-refractivity contribution is 0.299. The molecule has 0 unspecified atom stereocenters. The van der Waals surface area contributed by atoms with Gasteiger partial charge in [-0.3, -0.25) is 0 Å². The van der Waals surface area contributed by atoms with Crippen molar-refractivity contribution in [1.29, 1.82) is 5.26 Å². The Morgan fingerprint density at radius 1 is 1.30 bits per heavy atom. The summed E-state index contributed by atoms with van der Waals surface area (Å²) in [6.45, 7) is 2.59. The van der Waals surface area contributed by atoms with Crippen LogP contribution in [0.4, 0.5) is 5.82 Å². The summed E-state index contributed by atoms with van der Waals surface area (Å²) in [4.78, 5) is 4.30. The first-order chi connectivity index (χ1) is 9.76. The lowest BCUT2D eigenvalue weighted by Crippen LogP contribution is -2.08. The Kier molecular flexibility index (Phi) is 4.70. The number of aromatic nitrogens is 1. The van der Waals surface area contributed by atoms with Crippen LogP contribution < -0.4 is 5.32 Å².